The van der Waals surface area contributed by atoms with Crippen LogP contribution in [0.3, 0.4) is 0 Å². The summed E-state index contributed by atoms with van der Waals surface area (Å²) in [7, 11) is 0. The Hall–Kier alpha value is -2.57. The van der Waals surface area contributed by atoms with E-state index in [0.717, 1.165) is 24.0 Å². The third kappa shape index (κ3) is 5.20. The molecule has 2 amide bonds. The van der Waals surface area contributed by atoms with Crippen LogP contribution in [0.1, 0.15) is 36.8 Å². The van der Waals surface area contributed by atoms with Crippen molar-refractivity contribution < 1.29 is 24.2 Å². The standard InChI is InChI=1S/C18H24N2O5/c1-11-7-8-15(12(2)9-11)25-10-16(21)19-20-17(22)13-5-3-4-6-14(13)18(23)24/h7-9,13-14H,3-6,10H2,1-2H3,(H,19,21)(H,20,22)(H,23,24)/t13-,14+/m0/s1. The van der Waals surface area contributed by atoms with Gasteiger partial charge in [0.05, 0.1) is 11.8 Å². The van der Waals surface area contributed by atoms with Crippen LogP contribution in [-0.4, -0.2) is 29.5 Å². The summed E-state index contributed by atoms with van der Waals surface area (Å²) in [4.78, 5) is 35.2. The van der Waals surface area contributed by atoms with E-state index in [2.05, 4.69) is 10.9 Å². The van der Waals surface area contributed by atoms with Gasteiger partial charge in [0.15, 0.2) is 6.61 Å². The number of hydrogen-bond donors (Lipinski definition) is 3. The Morgan fingerprint density at radius 3 is 2.44 bits per heavy atom. The zero-order chi connectivity index (χ0) is 18.4. The van der Waals surface area contributed by atoms with E-state index in [1.807, 2.05) is 26.0 Å². The Kier molecular flexibility index (Phi) is 6.38. The number of aryl methyl sites for hydroxylation is 2. The molecule has 1 aromatic rings. The van der Waals surface area contributed by atoms with E-state index in [9.17, 15) is 19.5 Å². The van der Waals surface area contributed by atoms with Gasteiger partial charge in [-0.15, -0.1) is 0 Å². The zero-order valence-corrected chi connectivity index (χ0v) is 14.5. The summed E-state index contributed by atoms with van der Waals surface area (Å²) in [5, 5.41) is 9.20. The Balaban J connectivity index is 1.80. The molecular weight excluding hydrogens is 324 g/mol. The van der Waals surface area contributed by atoms with Crippen molar-refractivity contribution in [1.29, 1.82) is 0 Å². The molecule has 1 fully saturated rings. The molecule has 0 unspecified atom stereocenters. The molecule has 1 aliphatic rings. The maximum absolute atomic E-state index is 12.2. The van der Waals surface area contributed by atoms with Crippen LogP contribution < -0.4 is 15.6 Å². The van der Waals surface area contributed by atoms with Gasteiger partial charge in [0.25, 0.3) is 5.91 Å². The van der Waals surface area contributed by atoms with E-state index in [4.69, 9.17) is 4.74 Å². The summed E-state index contributed by atoms with van der Waals surface area (Å²) in [6, 6.07) is 5.62. The molecule has 7 heteroatoms. The van der Waals surface area contributed by atoms with Gasteiger partial charge in [0.2, 0.25) is 5.91 Å². The van der Waals surface area contributed by atoms with Crippen molar-refractivity contribution in [2.45, 2.75) is 39.5 Å². The second-order valence-electron chi connectivity index (χ2n) is 6.43. The molecule has 0 aliphatic heterocycles. The Morgan fingerprint density at radius 1 is 1.12 bits per heavy atom. The molecule has 25 heavy (non-hydrogen) atoms. The molecular formula is C18H24N2O5. The lowest BCUT2D eigenvalue weighted by Gasteiger charge is -2.27. The van der Waals surface area contributed by atoms with Gasteiger partial charge in [-0.3, -0.25) is 25.2 Å². The number of hydrazine groups is 1. The van der Waals surface area contributed by atoms with Crippen LogP contribution in [0.4, 0.5) is 0 Å². The second kappa shape index (κ2) is 8.50. The van der Waals surface area contributed by atoms with Gasteiger partial charge in [0, 0.05) is 0 Å². The third-order valence-electron chi connectivity index (χ3n) is 4.43. The van der Waals surface area contributed by atoms with Crippen LogP contribution in [0.15, 0.2) is 18.2 Å². The number of carboxylic acids is 1. The predicted octanol–water partition coefficient (Wildman–Crippen LogP) is 1.72. The van der Waals surface area contributed by atoms with Gasteiger partial charge < -0.3 is 9.84 Å². The minimum Gasteiger partial charge on any atom is -0.483 e. The molecule has 0 radical (unpaired) electrons. The van der Waals surface area contributed by atoms with E-state index in [1.54, 1.807) is 6.07 Å². The number of aliphatic carboxylic acids is 1. The number of nitrogens with one attached hydrogen (secondary N) is 2. The lowest BCUT2D eigenvalue weighted by atomic mass is 9.79. The van der Waals surface area contributed by atoms with Crippen LogP contribution >= 0.6 is 0 Å². The van der Waals surface area contributed by atoms with Crippen LogP contribution in [0.5, 0.6) is 5.75 Å². The Bertz CT molecular complexity index is 659. The van der Waals surface area contributed by atoms with E-state index < -0.39 is 29.6 Å². The molecule has 0 bridgehead atoms. The minimum absolute atomic E-state index is 0.239. The van der Waals surface area contributed by atoms with E-state index in [1.165, 1.54) is 0 Å². The number of ether oxygens (including phenoxy) is 1. The monoisotopic (exact) mass is 348 g/mol. The van der Waals surface area contributed by atoms with Crippen molar-refractivity contribution in [3.63, 3.8) is 0 Å². The molecule has 0 spiro atoms. The highest BCUT2D eigenvalue weighted by Gasteiger charge is 2.35. The van der Waals surface area contributed by atoms with Gasteiger partial charge in [-0.05, 0) is 38.3 Å². The number of carbonyl (C=O) groups is 3. The predicted molar refractivity (Wildman–Crippen MR) is 90.8 cm³/mol. The van der Waals surface area contributed by atoms with Gasteiger partial charge in [-0.2, -0.15) is 0 Å². The van der Waals surface area contributed by atoms with Crippen LogP contribution in [0, 0.1) is 25.7 Å². The summed E-state index contributed by atoms with van der Waals surface area (Å²) in [5.74, 6) is -2.65. The maximum atomic E-state index is 12.2. The van der Waals surface area contributed by atoms with Crippen LogP contribution in [-0.2, 0) is 14.4 Å². The highest BCUT2D eigenvalue weighted by Crippen LogP contribution is 2.30. The fourth-order valence-electron chi connectivity index (χ4n) is 3.10. The van der Waals surface area contributed by atoms with E-state index >= 15 is 0 Å². The fraction of sp³-hybridized carbons (Fsp3) is 0.500. The van der Waals surface area contributed by atoms with Crippen molar-refractivity contribution in [1.82, 2.24) is 10.9 Å². The lowest BCUT2D eigenvalue weighted by Crippen LogP contribution is -2.49. The minimum atomic E-state index is -0.968. The molecule has 1 saturated carbocycles. The Morgan fingerprint density at radius 2 is 1.80 bits per heavy atom. The summed E-state index contributed by atoms with van der Waals surface area (Å²) in [6.45, 7) is 3.61. The smallest absolute Gasteiger partial charge is 0.307 e. The topological polar surface area (TPSA) is 105 Å². The maximum Gasteiger partial charge on any atom is 0.307 e. The first-order valence-corrected chi connectivity index (χ1v) is 8.40. The molecule has 7 nitrogen and oxygen atoms in total. The lowest BCUT2D eigenvalue weighted by molar-refractivity contribution is -0.149. The SMILES string of the molecule is Cc1ccc(OCC(=O)NNC(=O)[C@H]2CCCC[C@H]2C(=O)O)c(C)c1. The number of carbonyl (C=O) groups excluding carboxylic acids is 2. The van der Waals surface area contributed by atoms with Crippen LogP contribution in [0.25, 0.3) is 0 Å². The summed E-state index contributed by atoms with van der Waals surface area (Å²) >= 11 is 0. The second-order valence-corrected chi connectivity index (χ2v) is 6.43. The molecule has 0 heterocycles. The van der Waals surface area contributed by atoms with E-state index in [-0.39, 0.29) is 6.61 Å². The molecule has 2 atom stereocenters. The van der Waals surface area contributed by atoms with Crippen LogP contribution in [0.2, 0.25) is 0 Å². The fourth-order valence-corrected chi connectivity index (χ4v) is 3.10. The van der Waals surface area contributed by atoms with Crippen molar-refractivity contribution in [2.24, 2.45) is 11.8 Å². The van der Waals surface area contributed by atoms with Gasteiger partial charge >= 0.3 is 5.97 Å². The van der Waals surface area contributed by atoms with Gasteiger partial charge in [-0.1, -0.05) is 30.5 Å². The molecule has 2 rings (SSSR count). The quantitative estimate of drug-likeness (QED) is 0.703. The first-order valence-electron chi connectivity index (χ1n) is 8.40. The highest BCUT2D eigenvalue weighted by molar-refractivity contribution is 5.87. The first-order chi connectivity index (χ1) is 11.9. The largest absolute Gasteiger partial charge is 0.483 e. The Labute approximate surface area is 146 Å². The third-order valence-corrected chi connectivity index (χ3v) is 4.43. The van der Waals surface area contributed by atoms with Crippen molar-refractivity contribution in [3.05, 3.63) is 29.3 Å². The summed E-state index contributed by atoms with van der Waals surface area (Å²) in [6.07, 6.45) is 2.61. The number of benzene rings is 1. The van der Waals surface area contributed by atoms with Crippen molar-refractivity contribution in [3.8, 4) is 5.75 Å². The van der Waals surface area contributed by atoms with Gasteiger partial charge in [0.1, 0.15) is 5.75 Å². The summed E-state index contributed by atoms with van der Waals surface area (Å²) < 4.78 is 5.43. The molecule has 0 aromatic heterocycles. The number of rotatable bonds is 5. The first kappa shape index (κ1) is 18.8. The molecule has 1 aliphatic carbocycles. The molecule has 136 valence electrons. The number of amides is 2. The normalized spacial score (nSPS) is 19.8. The van der Waals surface area contributed by atoms with Crippen molar-refractivity contribution in [2.75, 3.05) is 6.61 Å². The average Bonchev–Trinajstić information content (AvgIpc) is 2.58. The average molecular weight is 348 g/mol. The molecule has 3 N–H and O–H groups in total. The van der Waals surface area contributed by atoms with Gasteiger partial charge in [-0.25, -0.2) is 0 Å². The molecule has 1 aromatic carbocycles. The highest BCUT2D eigenvalue weighted by atomic mass is 16.5. The van der Waals surface area contributed by atoms with Crippen molar-refractivity contribution >= 4 is 17.8 Å². The number of hydrogen-bond acceptors (Lipinski definition) is 4. The summed E-state index contributed by atoms with van der Waals surface area (Å²) in [5.41, 5.74) is 6.62. The molecule has 0 saturated heterocycles. The van der Waals surface area contributed by atoms with E-state index in [0.29, 0.717) is 18.6 Å². The number of carboxylic acid groups (broad SMARTS) is 1. The zero-order valence-electron chi connectivity index (χ0n) is 14.5.